The van der Waals surface area contributed by atoms with Crippen molar-refractivity contribution in [3.8, 4) is 11.6 Å². The molecule has 0 atom stereocenters. The Balaban J connectivity index is 2.17. The van der Waals surface area contributed by atoms with E-state index in [0.29, 0.717) is 29.8 Å². The molecule has 1 aromatic heterocycles. The van der Waals surface area contributed by atoms with Crippen LogP contribution in [0.1, 0.15) is 25.0 Å². The first-order valence-electron chi connectivity index (χ1n) is 6.67. The van der Waals surface area contributed by atoms with Gasteiger partial charge in [0.05, 0.1) is 0 Å². The number of aryl methyl sites for hydroxylation is 1. The monoisotopic (exact) mass is 274 g/mol. The number of hydrogen-bond acceptors (Lipinski definition) is 3. The number of hydrogen-bond donors (Lipinski definition) is 1. The molecule has 0 aliphatic heterocycles. The van der Waals surface area contributed by atoms with Gasteiger partial charge in [-0.05, 0) is 24.6 Å². The Morgan fingerprint density at radius 1 is 1.30 bits per heavy atom. The predicted molar refractivity (Wildman–Crippen MR) is 77.4 cm³/mol. The molecule has 0 spiro atoms. The molecular weight excluding hydrogens is 255 g/mol. The fraction of sp³-hybridized carbons (Fsp3) is 0.312. The fourth-order valence-corrected chi connectivity index (χ4v) is 1.71. The zero-order chi connectivity index (χ0) is 14.5. The molecule has 2 aromatic rings. The summed E-state index contributed by atoms with van der Waals surface area (Å²) in [4.78, 5) is 4.22. The lowest BCUT2D eigenvalue weighted by Gasteiger charge is -2.12. The first-order chi connectivity index (χ1) is 9.56. The Hall–Kier alpha value is -1.94. The zero-order valence-corrected chi connectivity index (χ0v) is 12.0. The summed E-state index contributed by atoms with van der Waals surface area (Å²) in [7, 11) is 0. The summed E-state index contributed by atoms with van der Waals surface area (Å²) >= 11 is 0. The quantitative estimate of drug-likeness (QED) is 0.900. The van der Waals surface area contributed by atoms with Crippen LogP contribution in [-0.4, -0.2) is 11.0 Å². The number of halogens is 1. The number of aromatic nitrogens is 1. The normalized spacial score (nSPS) is 10.8. The highest BCUT2D eigenvalue weighted by molar-refractivity contribution is 5.34. The van der Waals surface area contributed by atoms with Crippen molar-refractivity contribution in [3.63, 3.8) is 0 Å². The number of rotatable bonds is 5. The van der Waals surface area contributed by atoms with Gasteiger partial charge in [0.1, 0.15) is 11.6 Å². The van der Waals surface area contributed by atoms with E-state index in [1.807, 2.05) is 12.1 Å². The van der Waals surface area contributed by atoms with Crippen molar-refractivity contribution < 1.29 is 9.13 Å². The van der Waals surface area contributed by atoms with Crippen LogP contribution in [0.5, 0.6) is 11.6 Å². The van der Waals surface area contributed by atoms with E-state index in [2.05, 4.69) is 24.1 Å². The molecule has 4 heteroatoms. The smallest absolute Gasteiger partial charge is 0.223 e. The van der Waals surface area contributed by atoms with Crippen molar-refractivity contribution >= 4 is 0 Å². The maximum atomic E-state index is 13.5. The van der Waals surface area contributed by atoms with Gasteiger partial charge in [-0.25, -0.2) is 9.37 Å². The van der Waals surface area contributed by atoms with E-state index >= 15 is 0 Å². The summed E-state index contributed by atoms with van der Waals surface area (Å²) in [5, 5.41) is 3.31. The van der Waals surface area contributed by atoms with Gasteiger partial charge in [0, 0.05) is 30.4 Å². The standard InChI is InChI=1S/C16H19FN2O/c1-11(2)19-10-13-5-4-8-18-16(13)20-14-7-6-12(3)15(17)9-14/h4-9,11,19H,10H2,1-3H3. The van der Waals surface area contributed by atoms with Crippen LogP contribution in [0.3, 0.4) is 0 Å². The van der Waals surface area contributed by atoms with Crippen LogP contribution in [0.4, 0.5) is 4.39 Å². The second-order valence-electron chi connectivity index (χ2n) is 5.02. The van der Waals surface area contributed by atoms with Gasteiger partial charge in [0.2, 0.25) is 5.88 Å². The largest absolute Gasteiger partial charge is 0.439 e. The molecule has 1 heterocycles. The molecule has 1 N–H and O–H groups in total. The predicted octanol–water partition coefficient (Wildman–Crippen LogP) is 3.82. The zero-order valence-electron chi connectivity index (χ0n) is 12.0. The lowest BCUT2D eigenvalue weighted by Crippen LogP contribution is -2.22. The molecular formula is C16H19FN2O. The van der Waals surface area contributed by atoms with Crippen molar-refractivity contribution in [1.82, 2.24) is 10.3 Å². The van der Waals surface area contributed by atoms with Crippen molar-refractivity contribution in [2.75, 3.05) is 0 Å². The number of nitrogens with zero attached hydrogens (tertiary/aromatic N) is 1. The summed E-state index contributed by atoms with van der Waals surface area (Å²) in [6.45, 7) is 6.53. The van der Waals surface area contributed by atoms with Crippen LogP contribution < -0.4 is 10.1 Å². The Kier molecular flexibility index (Phi) is 4.69. The van der Waals surface area contributed by atoms with Gasteiger partial charge in [-0.1, -0.05) is 26.0 Å². The highest BCUT2D eigenvalue weighted by Crippen LogP contribution is 2.24. The molecule has 2 rings (SSSR count). The average Bonchev–Trinajstić information content (AvgIpc) is 2.42. The minimum Gasteiger partial charge on any atom is -0.439 e. The van der Waals surface area contributed by atoms with E-state index in [0.717, 1.165) is 5.56 Å². The van der Waals surface area contributed by atoms with E-state index < -0.39 is 0 Å². The van der Waals surface area contributed by atoms with Gasteiger partial charge < -0.3 is 10.1 Å². The molecule has 0 aliphatic carbocycles. The highest BCUT2D eigenvalue weighted by Gasteiger charge is 2.08. The van der Waals surface area contributed by atoms with Crippen LogP contribution in [0.15, 0.2) is 36.5 Å². The molecule has 1 aromatic carbocycles. The molecule has 0 saturated heterocycles. The number of ether oxygens (including phenoxy) is 1. The highest BCUT2D eigenvalue weighted by atomic mass is 19.1. The first kappa shape index (κ1) is 14.5. The molecule has 106 valence electrons. The fourth-order valence-electron chi connectivity index (χ4n) is 1.71. The first-order valence-corrected chi connectivity index (χ1v) is 6.67. The van der Waals surface area contributed by atoms with Crippen molar-refractivity contribution in [3.05, 3.63) is 53.5 Å². The minimum atomic E-state index is -0.278. The third kappa shape index (κ3) is 3.78. The van der Waals surface area contributed by atoms with Crippen LogP contribution in [0.25, 0.3) is 0 Å². The SMILES string of the molecule is Cc1ccc(Oc2ncccc2CNC(C)C)cc1F. The molecule has 20 heavy (non-hydrogen) atoms. The molecule has 0 bridgehead atoms. The molecule has 0 saturated carbocycles. The Labute approximate surface area is 118 Å². The van der Waals surface area contributed by atoms with Crippen molar-refractivity contribution in [2.24, 2.45) is 0 Å². The number of pyridine rings is 1. The maximum Gasteiger partial charge on any atom is 0.223 e. The Morgan fingerprint density at radius 2 is 2.10 bits per heavy atom. The van der Waals surface area contributed by atoms with Gasteiger partial charge in [-0.2, -0.15) is 0 Å². The third-order valence-corrected chi connectivity index (χ3v) is 2.91. The van der Waals surface area contributed by atoms with Gasteiger partial charge in [-0.3, -0.25) is 0 Å². The Bertz CT molecular complexity index is 584. The molecule has 0 aliphatic rings. The van der Waals surface area contributed by atoms with Crippen molar-refractivity contribution in [1.29, 1.82) is 0 Å². The summed E-state index contributed by atoms with van der Waals surface area (Å²) in [6.07, 6.45) is 1.67. The van der Waals surface area contributed by atoms with Crippen LogP contribution in [0, 0.1) is 12.7 Å². The van der Waals surface area contributed by atoms with E-state index in [4.69, 9.17) is 4.74 Å². The molecule has 0 fully saturated rings. The lowest BCUT2D eigenvalue weighted by molar-refractivity contribution is 0.445. The maximum absolute atomic E-state index is 13.5. The molecule has 0 amide bonds. The van der Waals surface area contributed by atoms with E-state index in [-0.39, 0.29) is 5.82 Å². The number of nitrogens with one attached hydrogen (secondary N) is 1. The molecule has 0 radical (unpaired) electrons. The number of benzene rings is 1. The summed E-state index contributed by atoms with van der Waals surface area (Å²) in [5.74, 6) is 0.682. The molecule has 3 nitrogen and oxygen atoms in total. The van der Waals surface area contributed by atoms with Gasteiger partial charge in [0.15, 0.2) is 0 Å². The van der Waals surface area contributed by atoms with Crippen LogP contribution in [-0.2, 0) is 6.54 Å². The molecule has 0 unspecified atom stereocenters. The van der Waals surface area contributed by atoms with Gasteiger partial charge >= 0.3 is 0 Å². The average molecular weight is 274 g/mol. The van der Waals surface area contributed by atoms with Crippen LogP contribution in [0.2, 0.25) is 0 Å². The van der Waals surface area contributed by atoms with E-state index in [1.165, 1.54) is 6.07 Å². The summed E-state index contributed by atoms with van der Waals surface area (Å²) in [5.41, 5.74) is 1.54. The van der Waals surface area contributed by atoms with Gasteiger partial charge in [0.25, 0.3) is 0 Å². The van der Waals surface area contributed by atoms with Crippen LogP contribution >= 0.6 is 0 Å². The topological polar surface area (TPSA) is 34.1 Å². The second-order valence-corrected chi connectivity index (χ2v) is 5.02. The van der Waals surface area contributed by atoms with Gasteiger partial charge in [-0.15, -0.1) is 0 Å². The second kappa shape index (κ2) is 6.48. The Morgan fingerprint density at radius 3 is 2.80 bits per heavy atom. The summed E-state index contributed by atoms with van der Waals surface area (Å²) < 4.78 is 19.2. The van der Waals surface area contributed by atoms with Crippen molar-refractivity contribution in [2.45, 2.75) is 33.4 Å². The third-order valence-electron chi connectivity index (χ3n) is 2.91. The van der Waals surface area contributed by atoms with E-state index in [1.54, 1.807) is 25.3 Å². The van der Waals surface area contributed by atoms with E-state index in [9.17, 15) is 4.39 Å². The minimum absolute atomic E-state index is 0.278. The summed E-state index contributed by atoms with van der Waals surface area (Å²) in [6, 6.07) is 9.00. The lowest BCUT2D eigenvalue weighted by atomic mass is 10.2.